The third kappa shape index (κ3) is 2.91. The van der Waals surface area contributed by atoms with Crippen LogP contribution < -0.4 is 10.2 Å². The van der Waals surface area contributed by atoms with Gasteiger partial charge in [0.1, 0.15) is 0 Å². The van der Waals surface area contributed by atoms with Crippen LogP contribution in [0.3, 0.4) is 0 Å². The Balaban J connectivity index is 2.26. The fourth-order valence-electron chi connectivity index (χ4n) is 2.52. The molecule has 2 rings (SSSR count). The second-order valence-electron chi connectivity index (χ2n) is 5.25. The van der Waals surface area contributed by atoms with E-state index in [4.69, 9.17) is 0 Å². The number of aryl methyl sites for hydroxylation is 2. The third-order valence-electron chi connectivity index (χ3n) is 3.48. The first-order valence-electron chi connectivity index (χ1n) is 6.69. The van der Waals surface area contributed by atoms with E-state index in [0.29, 0.717) is 6.42 Å². The zero-order chi connectivity index (χ0) is 13.1. The van der Waals surface area contributed by atoms with Crippen LogP contribution in [0.2, 0.25) is 0 Å². The van der Waals surface area contributed by atoms with Crippen molar-refractivity contribution in [1.82, 2.24) is 5.32 Å². The van der Waals surface area contributed by atoms with E-state index in [-0.39, 0.29) is 11.9 Å². The molecule has 98 valence electrons. The van der Waals surface area contributed by atoms with Crippen LogP contribution in [-0.2, 0) is 4.79 Å². The standard InChI is InChI=1S/C15H22N2O/c1-11-5-6-14(12(2)9-11)17-8-4-7-16-13(3)10-15(17)18/h5-6,9,13,16H,4,7-8,10H2,1-3H3. The number of benzene rings is 1. The summed E-state index contributed by atoms with van der Waals surface area (Å²) >= 11 is 0. The van der Waals surface area contributed by atoms with E-state index in [1.165, 1.54) is 11.1 Å². The van der Waals surface area contributed by atoms with Crippen LogP contribution in [0.5, 0.6) is 0 Å². The largest absolute Gasteiger partial charge is 0.314 e. The minimum absolute atomic E-state index is 0.224. The first-order valence-corrected chi connectivity index (χ1v) is 6.69. The molecule has 0 bridgehead atoms. The van der Waals surface area contributed by atoms with Crippen molar-refractivity contribution >= 4 is 11.6 Å². The summed E-state index contributed by atoms with van der Waals surface area (Å²) in [5.41, 5.74) is 3.50. The Morgan fingerprint density at radius 3 is 2.83 bits per heavy atom. The number of carbonyl (C=O) groups excluding carboxylic acids is 1. The Hall–Kier alpha value is -1.35. The molecular weight excluding hydrogens is 224 g/mol. The monoisotopic (exact) mass is 246 g/mol. The van der Waals surface area contributed by atoms with E-state index in [1.807, 2.05) is 4.90 Å². The second-order valence-corrected chi connectivity index (χ2v) is 5.25. The summed E-state index contributed by atoms with van der Waals surface area (Å²) in [5, 5.41) is 3.36. The van der Waals surface area contributed by atoms with Crippen LogP contribution >= 0.6 is 0 Å². The smallest absolute Gasteiger partial charge is 0.228 e. The maximum absolute atomic E-state index is 12.3. The van der Waals surface area contributed by atoms with Gasteiger partial charge in [0, 0.05) is 24.7 Å². The molecule has 1 amide bonds. The molecule has 1 aliphatic heterocycles. The molecule has 18 heavy (non-hydrogen) atoms. The highest BCUT2D eigenvalue weighted by Gasteiger charge is 2.21. The SMILES string of the molecule is Cc1ccc(N2CCCNC(C)CC2=O)c(C)c1. The van der Waals surface area contributed by atoms with Gasteiger partial charge >= 0.3 is 0 Å². The first-order chi connectivity index (χ1) is 8.58. The number of anilines is 1. The van der Waals surface area contributed by atoms with E-state index in [1.54, 1.807) is 0 Å². The molecule has 3 nitrogen and oxygen atoms in total. The van der Waals surface area contributed by atoms with Gasteiger partial charge in [0.25, 0.3) is 0 Å². The summed E-state index contributed by atoms with van der Waals surface area (Å²) in [6, 6.07) is 6.56. The third-order valence-corrected chi connectivity index (χ3v) is 3.48. The summed E-state index contributed by atoms with van der Waals surface area (Å²) in [5.74, 6) is 0.224. The number of amides is 1. The van der Waals surface area contributed by atoms with Crippen molar-refractivity contribution in [1.29, 1.82) is 0 Å². The molecule has 0 saturated carbocycles. The molecule has 1 unspecified atom stereocenters. The van der Waals surface area contributed by atoms with E-state index in [0.717, 1.165) is 25.2 Å². The molecule has 3 heteroatoms. The molecule has 1 aliphatic rings. The molecule has 1 N–H and O–H groups in total. The fraction of sp³-hybridized carbons (Fsp3) is 0.533. The highest BCUT2D eigenvalue weighted by Crippen LogP contribution is 2.23. The van der Waals surface area contributed by atoms with Gasteiger partial charge in [-0.05, 0) is 45.4 Å². The first kappa shape index (κ1) is 13.1. The number of nitrogens with one attached hydrogen (secondary N) is 1. The van der Waals surface area contributed by atoms with Crippen LogP contribution in [0, 0.1) is 13.8 Å². The van der Waals surface area contributed by atoms with Crippen LogP contribution in [-0.4, -0.2) is 25.0 Å². The van der Waals surface area contributed by atoms with Gasteiger partial charge in [0.15, 0.2) is 0 Å². The summed E-state index contributed by atoms with van der Waals surface area (Å²) in [4.78, 5) is 14.3. The zero-order valence-corrected chi connectivity index (χ0v) is 11.5. The van der Waals surface area contributed by atoms with Gasteiger partial charge in [-0.15, -0.1) is 0 Å². The molecule has 0 spiro atoms. The van der Waals surface area contributed by atoms with Gasteiger partial charge in [-0.2, -0.15) is 0 Å². The summed E-state index contributed by atoms with van der Waals surface area (Å²) in [6.07, 6.45) is 1.58. The molecular formula is C15H22N2O. The maximum Gasteiger partial charge on any atom is 0.228 e. The minimum Gasteiger partial charge on any atom is -0.314 e. The van der Waals surface area contributed by atoms with Gasteiger partial charge in [0.2, 0.25) is 5.91 Å². The van der Waals surface area contributed by atoms with Crippen molar-refractivity contribution in [2.24, 2.45) is 0 Å². The number of hydrogen-bond acceptors (Lipinski definition) is 2. The second kappa shape index (κ2) is 5.53. The lowest BCUT2D eigenvalue weighted by Gasteiger charge is -2.29. The Labute approximate surface area is 109 Å². The highest BCUT2D eigenvalue weighted by molar-refractivity contribution is 5.94. The lowest BCUT2D eigenvalue weighted by Crippen LogP contribution is -2.42. The van der Waals surface area contributed by atoms with Crippen LogP contribution in [0.15, 0.2) is 18.2 Å². The van der Waals surface area contributed by atoms with Crippen LogP contribution in [0.25, 0.3) is 0 Å². The summed E-state index contributed by atoms with van der Waals surface area (Å²) in [6.45, 7) is 8.02. The fourth-order valence-corrected chi connectivity index (χ4v) is 2.52. The number of nitrogens with zero attached hydrogens (tertiary/aromatic N) is 1. The van der Waals surface area contributed by atoms with Crippen molar-refractivity contribution in [3.63, 3.8) is 0 Å². The summed E-state index contributed by atoms with van der Waals surface area (Å²) in [7, 11) is 0. The zero-order valence-electron chi connectivity index (χ0n) is 11.5. The van der Waals surface area contributed by atoms with Crippen LogP contribution in [0.1, 0.15) is 30.9 Å². The molecule has 1 fully saturated rings. The van der Waals surface area contributed by atoms with E-state index < -0.39 is 0 Å². The minimum atomic E-state index is 0.224. The van der Waals surface area contributed by atoms with Gasteiger partial charge < -0.3 is 10.2 Å². The average molecular weight is 246 g/mol. The molecule has 1 heterocycles. The van der Waals surface area contributed by atoms with Crippen molar-refractivity contribution in [2.45, 2.75) is 39.7 Å². The predicted molar refractivity (Wildman–Crippen MR) is 75.0 cm³/mol. The average Bonchev–Trinajstić information content (AvgIpc) is 2.28. The predicted octanol–water partition coefficient (Wildman–Crippen LogP) is 2.41. The Kier molecular flexibility index (Phi) is 4.02. The maximum atomic E-state index is 12.3. The molecule has 1 atom stereocenters. The Morgan fingerprint density at radius 2 is 2.11 bits per heavy atom. The molecule has 1 saturated heterocycles. The lowest BCUT2D eigenvalue weighted by atomic mass is 10.1. The Morgan fingerprint density at radius 1 is 1.33 bits per heavy atom. The lowest BCUT2D eigenvalue weighted by molar-refractivity contribution is -0.119. The van der Waals surface area contributed by atoms with Gasteiger partial charge in [-0.25, -0.2) is 0 Å². The van der Waals surface area contributed by atoms with E-state index in [9.17, 15) is 4.79 Å². The molecule has 1 aromatic carbocycles. The van der Waals surface area contributed by atoms with Gasteiger partial charge in [0.05, 0.1) is 0 Å². The molecule has 1 aromatic rings. The normalized spacial score (nSPS) is 21.6. The number of hydrogen-bond donors (Lipinski definition) is 1. The molecule has 0 aromatic heterocycles. The van der Waals surface area contributed by atoms with E-state index in [2.05, 4.69) is 44.3 Å². The molecule has 0 aliphatic carbocycles. The summed E-state index contributed by atoms with van der Waals surface area (Å²) < 4.78 is 0. The number of carbonyl (C=O) groups is 1. The van der Waals surface area contributed by atoms with Crippen molar-refractivity contribution in [3.05, 3.63) is 29.3 Å². The van der Waals surface area contributed by atoms with Gasteiger partial charge in [-0.3, -0.25) is 4.79 Å². The van der Waals surface area contributed by atoms with Crippen LogP contribution in [0.4, 0.5) is 5.69 Å². The quantitative estimate of drug-likeness (QED) is 0.825. The van der Waals surface area contributed by atoms with Gasteiger partial charge in [-0.1, -0.05) is 17.7 Å². The topological polar surface area (TPSA) is 32.3 Å². The number of rotatable bonds is 1. The molecule has 0 radical (unpaired) electrons. The van der Waals surface area contributed by atoms with Crippen molar-refractivity contribution in [3.8, 4) is 0 Å². The van der Waals surface area contributed by atoms with Crippen molar-refractivity contribution in [2.75, 3.05) is 18.0 Å². The van der Waals surface area contributed by atoms with E-state index >= 15 is 0 Å². The highest BCUT2D eigenvalue weighted by atomic mass is 16.2. The van der Waals surface area contributed by atoms with Crippen molar-refractivity contribution < 1.29 is 4.79 Å². The Bertz CT molecular complexity index is 442.